The van der Waals surface area contributed by atoms with Crippen LogP contribution >= 0.6 is 0 Å². The molecule has 0 radical (unpaired) electrons. The molecule has 4 heterocycles. The Morgan fingerprint density at radius 2 is 1.80 bits per heavy atom. The summed E-state index contributed by atoms with van der Waals surface area (Å²) in [6.45, 7) is 1.93. The zero-order valence-electron chi connectivity index (χ0n) is 18.5. The first-order chi connectivity index (χ1) is 16.7. The minimum atomic E-state index is -4.56. The Balaban J connectivity index is 1.38. The Kier molecular flexibility index (Phi) is 6.15. The maximum absolute atomic E-state index is 13.7. The van der Waals surface area contributed by atoms with Gasteiger partial charge in [0.2, 0.25) is 10.0 Å². The van der Waals surface area contributed by atoms with Crippen molar-refractivity contribution in [3.05, 3.63) is 59.8 Å². The molecule has 0 bridgehead atoms. The van der Waals surface area contributed by atoms with Gasteiger partial charge in [-0.2, -0.15) is 17.5 Å². The number of imidazole rings is 1. The minimum absolute atomic E-state index is 0.0155. The largest absolute Gasteiger partial charge is 0.419 e. The van der Waals surface area contributed by atoms with E-state index in [1.165, 1.54) is 22.5 Å². The van der Waals surface area contributed by atoms with E-state index in [-0.39, 0.29) is 36.0 Å². The van der Waals surface area contributed by atoms with E-state index in [2.05, 4.69) is 20.3 Å². The molecule has 1 aromatic carbocycles. The highest BCUT2D eigenvalue weighted by Crippen LogP contribution is 2.39. The highest BCUT2D eigenvalue weighted by atomic mass is 32.2. The number of aromatic nitrogens is 3. The average Bonchev–Trinajstić information content (AvgIpc) is 3.32. The summed E-state index contributed by atoms with van der Waals surface area (Å²) in [5.74, 6) is 0.215. The normalized spacial score (nSPS) is 17.3. The number of hydrogen-bond acceptors (Lipinski definition) is 7. The number of anilines is 3. The molecule has 13 heteroatoms. The number of halogens is 3. The number of aromatic amines is 1. The van der Waals surface area contributed by atoms with Gasteiger partial charge >= 0.3 is 6.18 Å². The highest BCUT2D eigenvalue weighted by Gasteiger charge is 2.36. The van der Waals surface area contributed by atoms with Crippen LogP contribution in [0.25, 0.3) is 0 Å². The van der Waals surface area contributed by atoms with Crippen LogP contribution in [-0.4, -0.2) is 60.5 Å². The van der Waals surface area contributed by atoms with Gasteiger partial charge in [0.15, 0.2) is 0 Å². The summed E-state index contributed by atoms with van der Waals surface area (Å²) in [5.41, 5.74) is 1.33. The number of pyridine rings is 1. The first kappa shape index (κ1) is 23.6. The second-order valence-corrected chi connectivity index (χ2v) is 10.2. The van der Waals surface area contributed by atoms with Gasteiger partial charge in [-0.15, -0.1) is 0 Å². The molecular weight excluding hydrogens is 485 g/mol. The van der Waals surface area contributed by atoms with Gasteiger partial charge < -0.3 is 19.9 Å². The standard InChI is InChI=1S/C22H23F3N6O3S/c23-22(24,25)17-12-26-21(11-20(17)30-6-5-18-19(13-30)28-14-27-18)29-15-1-3-16(4-2-15)35(32,33)31-7-9-34-10-8-31/h1-4,11-12,14H,5-10,13H2,(H,26,29)(H,27,28). The zero-order valence-corrected chi connectivity index (χ0v) is 19.4. The summed E-state index contributed by atoms with van der Waals surface area (Å²) >= 11 is 0. The Bertz CT molecular complexity index is 1300. The van der Waals surface area contributed by atoms with E-state index in [1.54, 1.807) is 23.4 Å². The Labute approximate surface area is 200 Å². The molecule has 0 saturated carbocycles. The van der Waals surface area contributed by atoms with Crippen LogP contribution in [0, 0.1) is 0 Å². The van der Waals surface area contributed by atoms with E-state index >= 15 is 0 Å². The van der Waals surface area contributed by atoms with Crippen molar-refractivity contribution in [3.63, 3.8) is 0 Å². The number of nitrogens with one attached hydrogen (secondary N) is 2. The molecular formula is C22H23F3N6O3S. The Hall–Kier alpha value is -3.16. The minimum Gasteiger partial charge on any atom is -0.379 e. The number of hydrogen-bond donors (Lipinski definition) is 2. The summed E-state index contributed by atoms with van der Waals surface area (Å²) in [6.07, 6.45) is -1.68. The molecule has 0 aliphatic carbocycles. The molecule has 3 aromatic rings. The summed E-state index contributed by atoms with van der Waals surface area (Å²) in [5, 5.41) is 2.98. The average molecular weight is 509 g/mol. The van der Waals surface area contributed by atoms with Crippen LogP contribution in [-0.2, 0) is 33.9 Å². The van der Waals surface area contributed by atoms with Crippen molar-refractivity contribution in [3.8, 4) is 0 Å². The van der Waals surface area contributed by atoms with Crippen LogP contribution in [0.15, 0.2) is 47.8 Å². The maximum atomic E-state index is 13.7. The van der Waals surface area contributed by atoms with E-state index in [1.807, 2.05) is 0 Å². The monoisotopic (exact) mass is 508 g/mol. The second kappa shape index (κ2) is 9.13. The maximum Gasteiger partial charge on any atom is 0.419 e. The van der Waals surface area contributed by atoms with E-state index in [0.717, 1.165) is 17.6 Å². The summed E-state index contributed by atoms with van der Waals surface area (Å²) in [4.78, 5) is 12.9. The molecule has 186 valence electrons. The predicted molar refractivity (Wildman–Crippen MR) is 122 cm³/mol. The van der Waals surface area contributed by atoms with Crippen LogP contribution < -0.4 is 10.2 Å². The van der Waals surface area contributed by atoms with E-state index in [0.29, 0.717) is 31.9 Å². The van der Waals surface area contributed by atoms with Crippen LogP contribution in [0.1, 0.15) is 17.0 Å². The number of morpholine rings is 1. The molecule has 0 unspecified atom stereocenters. The third-order valence-corrected chi connectivity index (χ3v) is 7.95. The number of benzene rings is 1. The number of ether oxygens (including phenoxy) is 1. The van der Waals surface area contributed by atoms with Crippen molar-refractivity contribution >= 4 is 27.2 Å². The van der Waals surface area contributed by atoms with Crippen LogP contribution in [0.2, 0.25) is 0 Å². The van der Waals surface area contributed by atoms with Gasteiger partial charge in [0.25, 0.3) is 0 Å². The number of alkyl halides is 3. The van der Waals surface area contributed by atoms with E-state index < -0.39 is 21.8 Å². The predicted octanol–water partition coefficient (Wildman–Crippen LogP) is 3.15. The van der Waals surface area contributed by atoms with Crippen molar-refractivity contribution in [2.75, 3.05) is 43.1 Å². The van der Waals surface area contributed by atoms with Gasteiger partial charge in [0, 0.05) is 44.0 Å². The first-order valence-corrected chi connectivity index (χ1v) is 12.4. The molecule has 5 rings (SSSR count). The lowest BCUT2D eigenvalue weighted by Gasteiger charge is -2.30. The lowest BCUT2D eigenvalue weighted by atomic mass is 10.1. The molecule has 1 saturated heterocycles. The number of H-pyrrole nitrogens is 1. The van der Waals surface area contributed by atoms with Crippen LogP contribution in [0.5, 0.6) is 0 Å². The Morgan fingerprint density at radius 1 is 1.06 bits per heavy atom. The van der Waals surface area contributed by atoms with Crippen molar-refractivity contribution in [2.24, 2.45) is 0 Å². The molecule has 0 amide bonds. The van der Waals surface area contributed by atoms with Crippen molar-refractivity contribution in [2.45, 2.75) is 24.0 Å². The smallest absolute Gasteiger partial charge is 0.379 e. The molecule has 2 N–H and O–H groups in total. The number of nitrogens with zero attached hydrogens (tertiary/aromatic N) is 4. The number of fused-ring (bicyclic) bond motifs is 1. The summed E-state index contributed by atoms with van der Waals surface area (Å²) < 4.78 is 73.4. The molecule has 0 spiro atoms. The van der Waals surface area contributed by atoms with Gasteiger partial charge in [0.1, 0.15) is 5.82 Å². The molecule has 1 fully saturated rings. The van der Waals surface area contributed by atoms with Crippen LogP contribution in [0.4, 0.5) is 30.4 Å². The summed E-state index contributed by atoms with van der Waals surface area (Å²) in [6, 6.07) is 7.40. The third-order valence-electron chi connectivity index (χ3n) is 6.04. The first-order valence-electron chi connectivity index (χ1n) is 11.0. The van der Waals surface area contributed by atoms with E-state index in [4.69, 9.17) is 4.74 Å². The van der Waals surface area contributed by atoms with Crippen LogP contribution in [0.3, 0.4) is 0 Å². The lowest BCUT2D eigenvalue weighted by molar-refractivity contribution is -0.137. The fourth-order valence-corrected chi connectivity index (χ4v) is 5.61. The number of sulfonamides is 1. The summed E-state index contributed by atoms with van der Waals surface area (Å²) in [7, 11) is -3.64. The van der Waals surface area contributed by atoms with Crippen molar-refractivity contribution < 1.29 is 26.3 Å². The van der Waals surface area contributed by atoms with E-state index in [9.17, 15) is 21.6 Å². The molecule has 2 aromatic heterocycles. The second-order valence-electron chi connectivity index (χ2n) is 8.25. The lowest BCUT2D eigenvalue weighted by Crippen LogP contribution is -2.40. The topological polar surface area (TPSA) is 103 Å². The van der Waals surface area contributed by atoms with Crippen molar-refractivity contribution in [1.82, 2.24) is 19.3 Å². The molecule has 9 nitrogen and oxygen atoms in total. The van der Waals surface area contributed by atoms with Gasteiger partial charge in [-0.05, 0) is 24.3 Å². The van der Waals surface area contributed by atoms with Gasteiger partial charge in [-0.25, -0.2) is 18.4 Å². The quantitative estimate of drug-likeness (QED) is 0.546. The molecule has 0 atom stereocenters. The number of rotatable bonds is 5. The fourth-order valence-electron chi connectivity index (χ4n) is 4.21. The van der Waals surface area contributed by atoms with Gasteiger partial charge in [-0.1, -0.05) is 0 Å². The van der Waals surface area contributed by atoms with Gasteiger partial charge in [-0.3, -0.25) is 0 Å². The molecule has 2 aliphatic heterocycles. The molecule has 35 heavy (non-hydrogen) atoms. The molecule has 2 aliphatic rings. The fraction of sp³-hybridized carbons (Fsp3) is 0.364. The van der Waals surface area contributed by atoms with Crippen molar-refractivity contribution in [1.29, 1.82) is 0 Å². The zero-order chi connectivity index (χ0) is 24.6. The third kappa shape index (κ3) is 4.83. The highest BCUT2D eigenvalue weighted by molar-refractivity contribution is 7.89. The van der Waals surface area contributed by atoms with Gasteiger partial charge in [0.05, 0.1) is 53.6 Å². The SMILES string of the molecule is O=S(=O)(c1ccc(Nc2cc(N3CCc4nc[nH]c4C3)c(C(F)(F)F)cn2)cc1)N1CCOCC1. The Morgan fingerprint density at radius 3 is 2.51 bits per heavy atom.